The third-order valence-electron chi connectivity index (χ3n) is 4.92. The third kappa shape index (κ3) is 5.39. The highest BCUT2D eigenvalue weighted by molar-refractivity contribution is 5.96. The van der Waals surface area contributed by atoms with E-state index in [9.17, 15) is 9.59 Å². The van der Waals surface area contributed by atoms with Crippen molar-refractivity contribution in [3.63, 3.8) is 0 Å². The number of piperidine rings is 1. The van der Waals surface area contributed by atoms with Crippen LogP contribution in [-0.2, 0) is 6.42 Å². The SMILES string of the molecule is CC1CCCN(C(=O)c2cccc(C(=O)NCCCc3ccccc3)n2)C1. The van der Waals surface area contributed by atoms with E-state index in [0.29, 0.717) is 23.9 Å². The number of hydrogen-bond acceptors (Lipinski definition) is 3. The molecule has 1 N–H and O–H groups in total. The minimum absolute atomic E-state index is 0.0831. The van der Waals surface area contributed by atoms with Gasteiger partial charge in [0, 0.05) is 19.6 Å². The topological polar surface area (TPSA) is 62.3 Å². The van der Waals surface area contributed by atoms with Gasteiger partial charge in [-0.15, -0.1) is 0 Å². The summed E-state index contributed by atoms with van der Waals surface area (Å²) in [6.45, 7) is 4.26. The second-order valence-electron chi connectivity index (χ2n) is 7.25. The Morgan fingerprint density at radius 3 is 2.67 bits per heavy atom. The van der Waals surface area contributed by atoms with Gasteiger partial charge in [0.15, 0.2) is 0 Å². The van der Waals surface area contributed by atoms with Crippen LogP contribution in [0.3, 0.4) is 0 Å². The van der Waals surface area contributed by atoms with Crippen molar-refractivity contribution in [1.29, 1.82) is 0 Å². The van der Waals surface area contributed by atoms with Gasteiger partial charge in [0.05, 0.1) is 0 Å². The molecule has 5 heteroatoms. The molecule has 1 aromatic heterocycles. The van der Waals surface area contributed by atoms with E-state index in [1.54, 1.807) is 18.2 Å². The van der Waals surface area contributed by atoms with E-state index in [2.05, 4.69) is 29.4 Å². The molecule has 142 valence electrons. The van der Waals surface area contributed by atoms with Crippen LogP contribution in [0.25, 0.3) is 0 Å². The third-order valence-corrected chi connectivity index (χ3v) is 4.92. The molecule has 3 rings (SSSR count). The molecule has 1 aliphatic rings. The van der Waals surface area contributed by atoms with Crippen LogP contribution in [0.1, 0.15) is 52.7 Å². The maximum atomic E-state index is 12.7. The van der Waals surface area contributed by atoms with E-state index in [4.69, 9.17) is 0 Å². The van der Waals surface area contributed by atoms with Crippen LogP contribution in [0.4, 0.5) is 0 Å². The number of nitrogens with one attached hydrogen (secondary N) is 1. The molecule has 27 heavy (non-hydrogen) atoms. The Balaban J connectivity index is 1.53. The number of aryl methyl sites for hydroxylation is 1. The summed E-state index contributed by atoms with van der Waals surface area (Å²) in [5, 5.41) is 2.90. The molecule has 2 heterocycles. The van der Waals surface area contributed by atoms with Gasteiger partial charge in [0.25, 0.3) is 11.8 Å². The summed E-state index contributed by atoms with van der Waals surface area (Å²) in [5.74, 6) is 0.198. The molecule has 2 amide bonds. The van der Waals surface area contributed by atoms with Crippen LogP contribution >= 0.6 is 0 Å². The van der Waals surface area contributed by atoms with Crippen molar-refractivity contribution in [2.45, 2.75) is 32.6 Å². The number of carbonyl (C=O) groups excluding carboxylic acids is 2. The first-order valence-corrected chi connectivity index (χ1v) is 9.72. The van der Waals surface area contributed by atoms with E-state index in [1.165, 1.54) is 5.56 Å². The Kier molecular flexibility index (Phi) is 6.58. The molecule has 0 radical (unpaired) electrons. The molecule has 0 aliphatic carbocycles. The van der Waals surface area contributed by atoms with Crippen molar-refractivity contribution in [2.24, 2.45) is 5.92 Å². The molecule has 2 aromatic rings. The number of hydrogen-bond donors (Lipinski definition) is 1. The summed E-state index contributed by atoms with van der Waals surface area (Å²) in [6, 6.07) is 15.3. The average molecular weight is 365 g/mol. The largest absolute Gasteiger partial charge is 0.351 e. The Bertz CT molecular complexity index is 776. The summed E-state index contributed by atoms with van der Waals surface area (Å²) in [4.78, 5) is 31.2. The minimum atomic E-state index is -0.232. The molecule has 0 spiro atoms. The van der Waals surface area contributed by atoms with E-state index in [-0.39, 0.29) is 11.8 Å². The summed E-state index contributed by atoms with van der Waals surface area (Å²) < 4.78 is 0. The molecule has 1 fully saturated rings. The van der Waals surface area contributed by atoms with Crippen LogP contribution in [0.2, 0.25) is 0 Å². The predicted molar refractivity (Wildman–Crippen MR) is 106 cm³/mol. The standard InChI is InChI=1S/C22H27N3O2/c1-17-8-7-15-25(16-17)22(27)20-13-5-12-19(24-20)21(26)23-14-6-11-18-9-3-2-4-10-18/h2-5,9-10,12-13,17H,6-8,11,14-16H2,1H3,(H,23,26). The molecule has 1 atom stereocenters. The van der Waals surface area contributed by atoms with Crippen molar-refractivity contribution in [3.8, 4) is 0 Å². The summed E-state index contributed by atoms with van der Waals surface area (Å²) >= 11 is 0. The zero-order valence-electron chi connectivity index (χ0n) is 15.9. The Labute approximate surface area is 160 Å². The highest BCUT2D eigenvalue weighted by atomic mass is 16.2. The van der Waals surface area contributed by atoms with E-state index in [1.807, 2.05) is 23.1 Å². The number of pyridine rings is 1. The smallest absolute Gasteiger partial charge is 0.272 e. The molecular weight excluding hydrogens is 338 g/mol. The highest BCUT2D eigenvalue weighted by Crippen LogP contribution is 2.17. The second kappa shape index (κ2) is 9.31. The van der Waals surface area contributed by atoms with Crippen LogP contribution in [0.5, 0.6) is 0 Å². The molecule has 5 nitrogen and oxygen atoms in total. The number of amides is 2. The Morgan fingerprint density at radius 2 is 1.89 bits per heavy atom. The fraction of sp³-hybridized carbons (Fsp3) is 0.409. The average Bonchev–Trinajstić information content (AvgIpc) is 2.71. The van der Waals surface area contributed by atoms with Gasteiger partial charge < -0.3 is 10.2 Å². The lowest BCUT2D eigenvalue weighted by Gasteiger charge is -2.30. The van der Waals surface area contributed by atoms with Crippen LogP contribution in [0, 0.1) is 5.92 Å². The second-order valence-corrected chi connectivity index (χ2v) is 7.25. The molecular formula is C22H27N3O2. The maximum absolute atomic E-state index is 12.7. The van der Waals surface area contributed by atoms with Gasteiger partial charge in [0.2, 0.25) is 0 Å². The molecule has 0 saturated carbocycles. The van der Waals surface area contributed by atoms with Gasteiger partial charge in [-0.25, -0.2) is 4.98 Å². The minimum Gasteiger partial charge on any atom is -0.351 e. The maximum Gasteiger partial charge on any atom is 0.272 e. The lowest BCUT2D eigenvalue weighted by molar-refractivity contribution is 0.0677. The van der Waals surface area contributed by atoms with Crippen molar-refractivity contribution in [1.82, 2.24) is 15.2 Å². The first-order valence-electron chi connectivity index (χ1n) is 9.72. The Morgan fingerprint density at radius 1 is 1.11 bits per heavy atom. The molecule has 0 bridgehead atoms. The normalized spacial score (nSPS) is 16.8. The number of aromatic nitrogens is 1. The highest BCUT2D eigenvalue weighted by Gasteiger charge is 2.23. The van der Waals surface area contributed by atoms with Gasteiger partial charge >= 0.3 is 0 Å². The van der Waals surface area contributed by atoms with Crippen molar-refractivity contribution >= 4 is 11.8 Å². The monoisotopic (exact) mass is 365 g/mol. The van der Waals surface area contributed by atoms with Crippen molar-refractivity contribution < 1.29 is 9.59 Å². The van der Waals surface area contributed by atoms with Gasteiger partial charge in [-0.1, -0.05) is 43.3 Å². The fourth-order valence-electron chi connectivity index (χ4n) is 3.45. The van der Waals surface area contributed by atoms with Crippen LogP contribution in [-0.4, -0.2) is 41.3 Å². The zero-order valence-corrected chi connectivity index (χ0v) is 15.9. The van der Waals surface area contributed by atoms with E-state index < -0.39 is 0 Å². The number of likely N-dealkylation sites (tertiary alicyclic amines) is 1. The van der Waals surface area contributed by atoms with Crippen molar-refractivity contribution in [3.05, 3.63) is 65.5 Å². The first kappa shape index (κ1) is 19.1. The van der Waals surface area contributed by atoms with Crippen LogP contribution < -0.4 is 5.32 Å². The summed E-state index contributed by atoms with van der Waals surface area (Å²) in [5.41, 5.74) is 1.90. The van der Waals surface area contributed by atoms with Gasteiger partial charge in [-0.3, -0.25) is 9.59 Å². The lowest BCUT2D eigenvalue weighted by atomic mass is 10.00. The quantitative estimate of drug-likeness (QED) is 0.799. The van der Waals surface area contributed by atoms with Gasteiger partial charge in [0.1, 0.15) is 11.4 Å². The molecule has 1 saturated heterocycles. The first-order chi connectivity index (χ1) is 13.1. The summed E-state index contributed by atoms with van der Waals surface area (Å²) in [6.07, 6.45) is 3.96. The van der Waals surface area contributed by atoms with E-state index in [0.717, 1.165) is 38.8 Å². The molecule has 1 aliphatic heterocycles. The Hall–Kier alpha value is -2.69. The fourth-order valence-corrected chi connectivity index (χ4v) is 3.45. The zero-order chi connectivity index (χ0) is 19.1. The lowest BCUT2D eigenvalue weighted by Crippen LogP contribution is -2.39. The molecule has 1 unspecified atom stereocenters. The summed E-state index contributed by atoms with van der Waals surface area (Å²) in [7, 11) is 0. The van der Waals surface area contributed by atoms with Crippen molar-refractivity contribution in [2.75, 3.05) is 19.6 Å². The number of nitrogens with zero attached hydrogens (tertiary/aromatic N) is 2. The number of carbonyl (C=O) groups is 2. The number of benzene rings is 1. The molecule has 1 aromatic carbocycles. The number of rotatable bonds is 6. The van der Waals surface area contributed by atoms with E-state index >= 15 is 0 Å². The van der Waals surface area contributed by atoms with Gasteiger partial charge in [-0.2, -0.15) is 0 Å². The van der Waals surface area contributed by atoms with Gasteiger partial charge in [-0.05, 0) is 49.3 Å². The van der Waals surface area contributed by atoms with Crippen LogP contribution in [0.15, 0.2) is 48.5 Å². The predicted octanol–water partition coefficient (Wildman–Crippen LogP) is 3.32.